The lowest BCUT2D eigenvalue weighted by Crippen LogP contribution is -2.36. The number of hydrogen-bond acceptors (Lipinski definition) is 2. The van der Waals surface area contributed by atoms with Crippen molar-refractivity contribution in [1.29, 1.82) is 0 Å². The van der Waals surface area contributed by atoms with Gasteiger partial charge in [-0.15, -0.1) is 0 Å². The molecule has 1 saturated carbocycles. The van der Waals surface area contributed by atoms with Crippen LogP contribution in [0, 0.1) is 5.92 Å². The molecule has 0 atom stereocenters. The Hall–Kier alpha value is -1.55. The molecule has 0 heterocycles. The van der Waals surface area contributed by atoms with Gasteiger partial charge in [0.05, 0.1) is 10.6 Å². The van der Waals surface area contributed by atoms with E-state index in [0.717, 1.165) is 38.5 Å². The summed E-state index contributed by atoms with van der Waals surface area (Å²) in [7, 11) is 0. The van der Waals surface area contributed by atoms with E-state index < -0.39 is 0 Å². The number of nitrogens with one attached hydrogen (secondary N) is 2. The minimum absolute atomic E-state index is 0.0130. The Balaban J connectivity index is 2.07. The number of anilines is 1. The normalized spacial score (nSPS) is 15.3. The van der Waals surface area contributed by atoms with Crippen LogP contribution in [0.3, 0.4) is 0 Å². The van der Waals surface area contributed by atoms with Crippen LogP contribution in [0.25, 0.3) is 0 Å². The second kappa shape index (κ2) is 9.07. The van der Waals surface area contributed by atoms with Gasteiger partial charge in [-0.25, -0.2) is 0 Å². The Morgan fingerprint density at radius 2 is 1.83 bits per heavy atom. The van der Waals surface area contributed by atoms with Crippen molar-refractivity contribution in [3.63, 3.8) is 0 Å². The molecule has 24 heavy (non-hydrogen) atoms. The number of carbonyl (C=O) groups excluding carboxylic acids is 2. The molecule has 5 heteroatoms. The van der Waals surface area contributed by atoms with Crippen molar-refractivity contribution in [3.8, 4) is 0 Å². The quantitative estimate of drug-likeness (QED) is 0.775. The smallest absolute Gasteiger partial charge is 0.253 e. The number of benzene rings is 1. The fourth-order valence-corrected chi connectivity index (χ4v) is 3.39. The van der Waals surface area contributed by atoms with E-state index in [1.54, 1.807) is 18.2 Å². The van der Waals surface area contributed by atoms with Crippen molar-refractivity contribution in [2.75, 3.05) is 5.32 Å². The van der Waals surface area contributed by atoms with E-state index in [2.05, 4.69) is 10.6 Å². The van der Waals surface area contributed by atoms with Crippen molar-refractivity contribution >= 4 is 29.1 Å². The summed E-state index contributed by atoms with van der Waals surface area (Å²) >= 11 is 6.19. The summed E-state index contributed by atoms with van der Waals surface area (Å²) in [5, 5.41) is 6.36. The van der Waals surface area contributed by atoms with E-state index in [9.17, 15) is 9.59 Å². The zero-order chi connectivity index (χ0) is 17.5. The van der Waals surface area contributed by atoms with Crippen molar-refractivity contribution in [1.82, 2.24) is 5.32 Å². The Kier molecular flexibility index (Phi) is 7.10. The van der Waals surface area contributed by atoms with Crippen molar-refractivity contribution in [2.24, 2.45) is 5.92 Å². The van der Waals surface area contributed by atoms with Crippen molar-refractivity contribution in [2.45, 2.75) is 64.8 Å². The Labute approximate surface area is 149 Å². The second-order valence-corrected chi connectivity index (χ2v) is 6.91. The van der Waals surface area contributed by atoms with Gasteiger partial charge in [0.1, 0.15) is 0 Å². The molecule has 1 aromatic rings. The minimum Gasteiger partial charge on any atom is -0.349 e. The summed E-state index contributed by atoms with van der Waals surface area (Å²) < 4.78 is 0. The molecule has 2 rings (SSSR count). The van der Waals surface area contributed by atoms with Crippen LogP contribution in [0.2, 0.25) is 5.02 Å². The summed E-state index contributed by atoms with van der Waals surface area (Å²) in [6.07, 6.45) is 7.19. The fourth-order valence-electron chi connectivity index (χ4n) is 3.19. The summed E-state index contributed by atoms with van der Waals surface area (Å²) in [6, 6.07) is 5.30. The topological polar surface area (TPSA) is 58.2 Å². The zero-order valence-corrected chi connectivity index (χ0v) is 15.3. The predicted molar refractivity (Wildman–Crippen MR) is 98.5 cm³/mol. The molecule has 0 spiro atoms. The highest BCUT2D eigenvalue weighted by Gasteiger charge is 2.19. The van der Waals surface area contributed by atoms with Gasteiger partial charge >= 0.3 is 0 Å². The van der Waals surface area contributed by atoms with Gasteiger partial charge in [0.15, 0.2) is 0 Å². The third kappa shape index (κ3) is 4.97. The highest BCUT2D eigenvalue weighted by Crippen LogP contribution is 2.23. The van der Waals surface area contributed by atoms with Gasteiger partial charge in [0.25, 0.3) is 5.91 Å². The van der Waals surface area contributed by atoms with Gasteiger partial charge in [0.2, 0.25) is 5.91 Å². The molecule has 0 aliphatic heterocycles. The van der Waals surface area contributed by atoms with Crippen LogP contribution in [0.5, 0.6) is 0 Å². The summed E-state index contributed by atoms with van der Waals surface area (Å²) in [5.74, 6) is -0.188. The summed E-state index contributed by atoms with van der Waals surface area (Å²) in [5.41, 5.74) is 1.04. The molecular weight excluding hydrogens is 324 g/mol. The van der Waals surface area contributed by atoms with E-state index in [4.69, 9.17) is 11.6 Å². The minimum atomic E-state index is -0.162. The maximum atomic E-state index is 12.5. The van der Waals surface area contributed by atoms with Crippen LogP contribution in [0.1, 0.15) is 69.2 Å². The molecule has 0 saturated heterocycles. The van der Waals surface area contributed by atoms with E-state index in [0.29, 0.717) is 16.3 Å². The van der Waals surface area contributed by atoms with Crippen molar-refractivity contribution in [3.05, 3.63) is 28.8 Å². The van der Waals surface area contributed by atoms with Crippen LogP contribution in [0.4, 0.5) is 5.69 Å². The fraction of sp³-hybridized carbons (Fsp3) is 0.579. The number of carbonyl (C=O) groups is 2. The summed E-state index contributed by atoms with van der Waals surface area (Å²) in [6.45, 7) is 4.00. The molecule has 1 aliphatic carbocycles. The first-order valence-corrected chi connectivity index (χ1v) is 9.34. The monoisotopic (exact) mass is 350 g/mol. The average Bonchev–Trinajstić information content (AvgIpc) is 2.58. The molecule has 0 aromatic heterocycles. The lowest BCUT2D eigenvalue weighted by molar-refractivity contribution is -0.120. The third-order valence-electron chi connectivity index (χ3n) is 4.78. The molecule has 1 aromatic carbocycles. The lowest BCUT2D eigenvalue weighted by Gasteiger charge is -2.23. The average molecular weight is 351 g/mol. The number of hydrogen-bond donors (Lipinski definition) is 2. The number of rotatable bonds is 6. The van der Waals surface area contributed by atoms with Crippen LogP contribution >= 0.6 is 11.6 Å². The first-order valence-electron chi connectivity index (χ1n) is 8.96. The van der Waals surface area contributed by atoms with Gasteiger partial charge in [-0.2, -0.15) is 0 Å². The molecule has 1 fully saturated rings. The SMILES string of the molecule is CCC(CC)C(=O)Nc1ccc(Cl)c(C(=O)NC2CCCCC2)c1. The molecule has 0 bridgehead atoms. The van der Waals surface area contributed by atoms with E-state index in [-0.39, 0.29) is 23.8 Å². The zero-order valence-electron chi connectivity index (χ0n) is 14.5. The maximum Gasteiger partial charge on any atom is 0.253 e. The van der Waals surface area contributed by atoms with Crippen LogP contribution in [0.15, 0.2) is 18.2 Å². The van der Waals surface area contributed by atoms with Crippen molar-refractivity contribution < 1.29 is 9.59 Å². The molecule has 132 valence electrons. The predicted octanol–water partition coefficient (Wildman–Crippen LogP) is 4.78. The molecule has 0 radical (unpaired) electrons. The molecule has 0 unspecified atom stereocenters. The Morgan fingerprint density at radius 3 is 2.46 bits per heavy atom. The van der Waals surface area contributed by atoms with Gasteiger partial charge in [0, 0.05) is 17.6 Å². The van der Waals surface area contributed by atoms with Crippen LogP contribution < -0.4 is 10.6 Å². The highest BCUT2D eigenvalue weighted by atomic mass is 35.5. The first kappa shape index (κ1) is 18.8. The molecule has 2 N–H and O–H groups in total. The number of amides is 2. The summed E-state index contributed by atoms with van der Waals surface area (Å²) in [4.78, 5) is 24.7. The molecule has 1 aliphatic rings. The van der Waals surface area contributed by atoms with Gasteiger partial charge in [-0.1, -0.05) is 44.7 Å². The molecular formula is C19H27ClN2O2. The van der Waals surface area contributed by atoms with Crippen LogP contribution in [-0.2, 0) is 4.79 Å². The van der Waals surface area contributed by atoms with E-state index in [1.807, 2.05) is 13.8 Å². The van der Waals surface area contributed by atoms with E-state index >= 15 is 0 Å². The standard InChI is InChI=1S/C19H27ClN2O2/c1-3-13(4-2)18(23)22-15-10-11-17(20)16(12-15)19(24)21-14-8-6-5-7-9-14/h10-14H,3-9H2,1-2H3,(H,21,24)(H,22,23). The third-order valence-corrected chi connectivity index (χ3v) is 5.10. The number of halogens is 1. The van der Waals surface area contributed by atoms with Crippen LogP contribution in [-0.4, -0.2) is 17.9 Å². The van der Waals surface area contributed by atoms with Gasteiger partial charge in [-0.05, 0) is 43.9 Å². The van der Waals surface area contributed by atoms with Gasteiger partial charge < -0.3 is 10.6 Å². The Bertz CT molecular complexity index is 579. The largest absolute Gasteiger partial charge is 0.349 e. The Morgan fingerprint density at radius 1 is 1.17 bits per heavy atom. The van der Waals surface area contributed by atoms with E-state index in [1.165, 1.54) is 6.42 Å². The molecule has 2 amide bonds. The second-order valence-electron chi connectivity index (χ2n) is 6.51. The van der Waals surface area contributed by atoms with Gasteiger partial charge in [-0.3, -0.25) is 9.59 Å². The first-order chi connectivity index (χ1) is 11.5. The lowest BCUT2D eigenvalue weighted by atomic mass is 9.95. The highest BCUT2D eigenvalue weighted by molar-refractivity contribution is 6.34. The molecule has 4 nitrogen and oxygen atoms in total. The maximum absolute atomic E-state index is 12.5.